The van der Waals surface area contributed by atoms with Crippen LogP contribution >= 0.6 is 0 Å². The lowest BCUT2D eigenvalue weighted by Gasteiger charge is -2.10. The zero-order valence-electron chi connectivity index (χ0n) is 26.8. The quantitative estimate of drug-likeness (QED) is 0.103. The summed E-state index contributed by atoms with van der Waals surface area (Å²) in [6.45, 7) is 4.55. The molecule has 43 heavy (non-hydrogen) atoms. The number of rotatable bonds is 20. The van der Waals surface area contributed by atoms with Crippen molar-refractivity contribution in [3.05, 3.63) is 119 Å². The summed E-state index contributed by atoms with van der Waals surface area (Å²) in [6, 6.07) is 35.6. The first-order valence-corrected chi connectivity index (χ1v) is 17.1. The van der Waals surface area contributed by atoms with Gasteiger partial charge in [-0.3, -0.25) is 0 Å². The van der Waals surface area contributed by atoms with Crippen LogP contribution < -0.4 is 10.6 Å². The first kappa shape index (κ1) is 32.4. The molecule has 0 atom stereocenters. The lowest BCUT2D eigenvalue weighted by Crippen LogP contribution is -1.94. The summed E-state index contributed by atoms with van der Waals surface area (Å²) in [7, 11) is 0. The van der Waals surface area contributed by atoms with Gasteiger partial charge >= 0.3 is 0 Å². The third-order valence-corrected chi connectivity index (χ3v) is 8.44. The fourth-order valence-electron chi connectivity index (χ4n) is 5.71. The highest BCUT2D eigenvalue weighted by molar-refractivity contribution is 5.61. The van der Waals surface area contributed by atoms with Gasteiger partial charge < -0.3 is 10.6 Å². The second-order valence-electron chi connectivity index (χ2n) is 12.3. The highest BCUT2D eigenvalue weighted by Crippen LogP contribution is 2.22. The van der Waals surface area contributed by atoms with Crippen LogP contribution in [0.2, 0.25) is 0 Å². The summed E-state index contributed by atoms with van der Waals surface area (Å²) < 4.78 is 0. The minimum absolute atomic E-state index is 0.931. The standard InChI is InChI=1S/C41H54N2/c1-3-5-7-9-11-13-15-34-17-25-38(26-18-34)42-40-29-21-36(22-30-40)33-37-23-31-41(32-24-37)43-39-27-19-35(20-28-39)16-14-12-10-8-6-4-2/h17-32,42-43H,3-16,33H2,1-2H3. The van der Waals surface area contributed by atoms with Crippen LogP contribution in [0.15, 0.2) is 97.1 Å². The van der Waals surface area contributed by atoms with E-state index < -0.39 is 0 Å². The van der Waals surface area contributed by atoms with E-state index in [4.69, 9.17) is 0 Å². The summed E-state index contributed by atoms with van der Waals surface area (Å²) in [5.74, 6) is 0. The normalized spacial score (nSPS) is 11.0. The van der Waals surface area contributed by atoms with E-state index in [1.807, 2.05) is 0 Å². The van der Waals surface area contributed by atoms with Crippen LogP contribution in [0.4, 0.5) is 22.7 Å². The Morgan fingerprint density at radius 2 is 0.605 bits per heavy atom. The number of unbranched alkanes of at least 4 members (excludes halogenated alkanes) is 10. The molecule has 2 heteroatoms. The maximum Gasteiger partial charge on any atom is 0.0384 e. The molecule has 0 fully saturated rings. The van der Waals surface area contributed by atoms with Gasteiger partial charge in [0.1, 0.15) is 0 Å². The molecule has 4 aromatic rings. The zero-order valence-corrected chi connectivity index (χ0v) is 26.8. The Kier molecular flexibility index (Phi) is 14.2. The van der Waals surface area contributed by atoms with Crippen LogP contribution in [0.1, 0.15) is 113 Å². The molecule has 4 rings (SSSR count). The van der Waals surface area contributed by atoms with Gasteiger partial charge in [0.05, 0.1) is 0 Å². The Hall–Kier alpha value is -3.52. The van der Waals surface area contributed by atoms with E-state index in [-0.39, 0.29) is 0 Å². The molecule has 0 unspecified atom stereocenters. The van der Waals surface area contributed by atoms with Gasteiger partial charge in [-0.25, -0.2) is 0 Å². The van der Waals surface area contributed by atoms with E-state index >= 15 is 0 Å². The first-order chi connectivity index (χ1) is 21.2. The Labute approximate surface area is 262 Å². The van der Waals surface area contributed by atoms with Gasteiger partial charge in [-0.2, -0.15) is 0 Å². The van der Waals surface area contributed by atoms with E-state index in [2.05, 4.69) is 122 Å². The van der Waals surface area contributed by atoms with E-state index in [1.54, 1.807) is 0 Å². The van der Waals surface area contributed by atoms with Crippen molar-refractivity contribution < 1.29 is 0 Å². The predicted molar refractivity (Wildman–Crippen MR) is 189 cm³/mol. The second-order valence-corrected chi connectivity index (χ2v) is 12.3. The van der Waals surface area contributed by atoms with Crippen molar-refractivity contribution in [1.82, 2.24) is 0 Å². The Morgan fingerprint density at radius 1 is 0.326 bits per heavy atom. The molecule has 0 aliphatic rings. The van der Waals surface area contributed by atoms with E-state index in [9.17, 15) is 0 Å². The molecular formula is C41H54N2. The number of hydrogen-bond acceptors (Lipinski definition) is 2. The van der Waals surface area contributed by atoms with E-state index in [0.717, 1.165) is 29.2 Å². The molecule has 0 saturated heterocycles. The summed E-state index contributed by atoms with van der Waals surface area (Å²) in [5.41, 5.74) is 10.1. The molecule has 4 aromatic carbocycles. The summed E-state index contributed by atoms with van der Waals surface area (Å²) in [6.07, 6.45) is 19.5. The molecule has 0 aromatic heterocycles. The van der Waals surface area contributed by atoms with Crippen LogP contribution in [-0.2, 0) is 19.3 Å². The molecule has 2 N–H and O–H groups in total. The van der Waals surface area contributed by atoms with Gasteiger partial charge in [0.25, 0.3) is 0 Å². The summed E-state index contributed by atoms with van der Waals surface area (Å²) >= 11 is 0. The van der Waals surface area contributed by atoms with Crippen LogP contribution in [0.5, 0.6) is 0 Å². The molecule has 0 aliphatic carbocycles. The van der Waals surface area contributed by atoms with Gasteiger partial charge in [0.2, 0.25) is 0 Å². The van der Waals surface area contributed by atoms with Crippen molar-refractivity contribution >= 4 is 22.7 Å². The fraction of sp³-hybridized carbons (Fsp3) is 0.415. The third kappa shape index (κ3) is 12.3. The molecule has 0 heterocycles. The van der Waals surface area contributed by atoms with Crippen LogP contribution in [0, 0.1) is 0 Å². The summed E-state index contributed by atoms with van der Waals surface area (Å²) in [4.78, 5) is 0. The fourth-order valence-corrected chi connectivity index (χ4v) is 5.71. The van der Waals surface area contributed by atoms with Crippen molar-refractivity contribution in [3.8, 4) is 0 Å². The Morgan fingerprint density at radius 3 is 0.930 bits per heavy atom. The highest BCUT2D eigenvalue weighted by atomic mass is 14.9. The minimum atomic E-state index is 0.931. The molecule has 0 amide bonds. The van der Waals surface area contributed by atoms with Crippen LogP contribution in [-0.4, -0.2) is 0 Å². The lowest BCUT2D eigenvalue weighted by atomic mass is 10.0. The molecule has 0 aliphatic heterocycles. The zero-order chi connectivity index (χ0) is 30.0. The monoisotopic (exact) mass is 574 g/mol. The first-order valence-electron chi connectivity index (χ1n) is 17.1. The third-order valence-electron chi connectivity index (χ3n) is 8.44. The van der Waals surface area contributed by atoms with E-state index in [1.165, 1.54) is 112 Å². The lowest BCUT2D eigenvalue weighted by molar-refractivity contribution is 0.607. The number of aryl methyl sites for hydroxylation is 2. The van der Waals surface area contributed by atoms with E-state index in [0.29, 0.717) is 0 Å². The highest BCUT2D eigenvalue weighted by Gasteiger charge is 2.02. The molecule has 0 saturated carbocycles. The van der Waals surface area contributed by atoms with Crippen molar-refractivity contribution in [3.63, 3.8) is 0 Å². The minimum Gasteiger partial charge on any atom is -0.356 e. The molecule has 228 valence electrons. The maximum absolute atomic E-state index is 3.56. The molecule has 2 nitrogen and oxygen atoms in total. The number of nitrogens with one attached hydrogen (secondary N) is 2. The topological polar surface area (TPSA) is 24.1 Å². The van der Waals surface area contributed by atoms with Gasteiger partial charge in [0.15, 0.2) is 0 Å². The van der Waals surface area contributed by atoms with Crippen molar-refractivity contribution in [2.45, 2.75) is 110 Å². The van der Waals surface area contributed by atoms with Crippen molar-refractivity contribution in [2.75, 3.05) is 10.6 Å². The summed E-state index contributed by atoms with van der Waals surface area (Å²) in [5, 5.41) is 7.11. The van der Waals surface area contributed by atoms with Gasteiger partial charge in [0, 0.05) is 22.7 Å². The SMILES string of the molecule is CCCCCCCCc1ccc(Nc2ccc(Cc3ccc(Nc4ccc(CCCCCCCC)cc4)cc3)cc2)cc1. The van der Waals surface area contributed by atoms with Crippen LogP contribution in [0.3, 0.4) is 0 Å². The maximum atomic E-state index is 3.56. The molecule has 0 radical (unpaired) electrons. The largest absolute Gasteiger partial charge is 0.356 e. The predicted octanol–water partition coefficient (Wildman–Crippen LogP) is 12.6. The van der Waals surface area contributed by atoms with Crippen molar-refractivity contribution in [1.29, 1.82) is 0 Å². The Balaban J connectivity index is 1.17. The van der Waals surface area contributed by atoms with Gasteiger partial charge in [-0.05, 0) is 103 Å². The average Bonchev–Trinajstić information content (AvgIpc) is 3.04. The average molecular weight is 575 g/mol. The molecular weight excluding hydrogens is 520 g/mol. The second kappa shape index (κ2) is 18.9. The molecule has 0 bridgehead atoms. The number of anilines is 4. The Bertz CT molecular complexity index is 1170. The number of hydrogen-bond donors (Lipinski definition) is 2. The van der Waals surface area contributed by atoms with Gasteiger partial charge in [-0.1, -0.05) is 127 Å². The van der Waals surface area contributed by atoms with Gasteiger partial charge in [-0.15, -0.1) is 0 Å². The van der Waals surface area contributed by atoms with Crippen molar-refractivity contribution in [2.24, 2.45) is 0 Å². The number of benzene rings is 4. The molecule has 0 spiro atoms. The van der Waals surface area contributed by atoms with Crippen LogP contribution in [0.25, 0.3) is 0 Å². The smallest absolute Gasteiger partial charge is 0.0384 e.